The molecule has 19 heavy (non-hydrogen) atoms. The van der Waals surface area contributed by atoms with Crippen molar-refractivity contribution in [1.82, 2.24) is 4.98 Å². The molecule has 3 aromatic rings. The standard InChI is InChI=1S/C16H11NO2/c18-15-9-19-8-14-13(15)7-11-6-5-10-3-1-2-4-12(10)16(11)17-14/h1-7H,8-9H2. The number of carbonyl (C=O) groups is 1. The summed E-state index contributed by atoms with van der Waals surface area (Å²) in [7, 11) is 0. The molecule has 3 nitrogen and oxygen atoms in total. The van der Waals surface area contributed by atoms with Gasteiger partial charge in [-0.15, -0.1) is 0 Å². The summed E-state index contributed by atoms with van der Waals surface area (Å²) in [4.78, 5) is 16.5. The largest absolute Gasteiger partial charge is 0.367 e. The van der Waals surface area contributed by atoms with Gasteiger partial charge in [0.05, 0.1) is 17.8 Å². The van der Waals surface area contributed by atoms with Gasteiger partial charge in [-0.2, -0.15) is 0 Å². The summed E-state index contributed by atoms with van der Waals surface area (Å²) in [5.41, 5.74) is 2.39. The van der Waals surface area contributed by atoms with E-state index in [4.69, 9.17) is 4.74 Å². The number of nitrogens with zero attached hydrogens (tertiary/aromatic N) is 1. The first-order valence-electron chi connectivity index (χ1n) is 6.25. The molecule has 0 N–H and O–H groups in total. The first-order chi connectivity index (χ1) is 9.33. The fraction of sp³-hybridized carbons (Fsp3) is 0.125. The molecule has 0 saturated carbocycles. The molecule has 0 radical (unpaired) electrons. The van der Waals surface area contributed by atoms with Crippen LogP contribution in [0.2, 0.25) is 0 Å². The molecule has 2 heterocycles. The quantitative estimate of drug-likeness (QED) is 0.575. The van der Waals surface area contributed by atoms with Gasteiger partial charge in [-0.25, -0.2) is 4.98 Å². The van der Waals surface area contributed by atoms with Crippen molar-refractivity contribution in [2.75, 3.05) is 6.61 Å². The lowest BCUT2D eigenvalue weighted by molar-refractivity contribution is 0.0656. The smallest absolute Gasteiger partial charge is 0.190 e. The van der Waals surface area contributed by atoms with Crippen LogP contribution in [0.25, 0.3) is 21.7 Å². The van der Waals surface area contributed by atoms with E-state index in [2.05, 4.69) is 23.2 Å². The highest BCUT2D eigenvalue weighted by atomic mass is 16.5. The summed E-state index contributed by atoms with van der Waals surface area (Å²) >= 11 is 0. The highest BCUT2D eigenvalue weighted by molar-refractivity contribution is 6.08. The number of aromatic nitrogens is 1. The number of Topliss-reactive ketones (excluding diaryl/α,β-unsaturated/α-hetero) is 1. The second-order valence-corrected chi connectivity index (χ2v) is 4.76. The van der Waals surface area contributed by atoms with E-state index in [0.29, 0.717) is 12.2 Å². The lowest BCUT2D eigenvalue weighted by Crippen LogP contribution is -2.19. The maximum absolute atomic E-state index is 11.8. The molecular formula is C16H11NO2. The Morgan fingerprint density at radius 2 is 1.84 bits per heavy atom. The predicted molar refractivity (Wildman–Crippen MR) is 73.2 cm³/mol. The van der Waals surface area contributed by atoms with Gasteiger partial charge in [-0.05, 0) is 11.5 Å². The Labute approximate surface area is 109 Å². The second-order valence-electron chi connectivity index (χ2n) is 4.76. The van der Waals surface area contributed by atoms with E-state index in [1.54, 1.807) is 0 Å². The van der Waals surface area contributed by atoms with Gasteiger partial charge in [0.2, 0.25) is 0 Å². The van der Waals surface area contributed by atoms with E-state index in [9.17, 15) is 4.79 Å². The van der Waals surface area contributed by atoms with Gasteiger partial charge in [0.15, 0.2) is 5.78 Å². The van der Waals surface area contributed by atoms with E-state index in [0.717, 1.165) is 27.4 Å². The Hall–Kier alpha value is -2.26. The number of benzene rings is 2. The summed E-state index contributed by atoms with van der Waals surface area (Å²) in [6.45, 7) is 0.577. The van der Waals surface area contributed by atoms with Crippen LogP contribution in [-0.2, 0) is 11.3 Å². The number of pyridine rings is 1. The first-order valence-corrected chi connectivity index (χ1v) is 6.25. The Morgan fingerprint density at radius 3 is 2.79 bits per heavy atom. The third kappa shape index (κ3) is 1.55. The van der Waals surface area contributed by atoms with Crippen molar-refractivity contribution in [1.29, 1.82) is 0 Å². The summed E-state index contributed by atoms with van der Waals surface area (Å²) < 4.78 is 5.26. The molecule has 0 spiro atoms. The van der Waals surface area contributed by atoms with Crippen LogP contribution in [-0.4, -0.2) is 17.4 Å². The second kappa shape index (κ2) is 3.87. The predicted octanol–water partition coefficient (Wildman–Crippen LogP) is 3.10. The fourth-order valence-electron chi connectivity index (χ4n) is 2.62. The number of carbonyl (C=O) groups excluding carboxylic acids is 1. The zero-order valence-electron chi connectivity index (χ0n) is 10.2. The normalized spacial score (nSPS) is 14.8. The summed E-state index contributed by atoms with van der Waals surface area (Å²) in [5, 5.41) is 3.28. The monoisotopic (exact) mass is 249 g/mol. The van der Waals surface area contributed by atoms with Crippen molar-refractivity contribution >= 4 is 27.5 Å². The van der Waals surface area contributed by atoms with Crippen molar-refractivity contribution < 1.29 is 9.53 Å². The van der Waals surface area contributed by atoms with Crippen LogP contribution in [0.3, 0.4) is 0 Å². The van der Waals surface area contributed by atoms with Crippen molar-refractivity contribution in [3.8, 4) is 0 Å². The zero-order chi connectivity index (χ0) is 12.8. The van der Waals surface area contributed by atoms with Gasteiger partial charge in [-0.3, -0.25) is 4.79 Å². The third-order valence-corrected chi connectivity index (χ3v) is 3.56. The van der Waals surface area contributed by atoms with E-state index in [1.165, 1.54) is 0 Å². The fourth-order valence-corrected chi connectivity index (χ4v) is 2.62. The molecule has 0 bridgehead atoms. The molecule has 3 heteroatoms. The molecule has 0 unspecified atom stereocenters. The average Bonchev–Trinajstić information content (AvgIpc) is 2.46. The minimum Gasteiger partial charge on any atom is -0.367 e. The van der Waals surface area contributed by atoms with Crippen LogP contribution < -0.4 is 0 Å². The van der Waals surface area contributed by atoms with Crippen molar-refractivity contribution in [3.05, 3.63) is 53.7 Å². The summed E-state index contributed by atoms with van der Waals surface area (Å²) in [5.74, 6) is 0.0174. The Kier molecular flexibility index (Phi) is 2.17. The molecule has 0 aliphatic carbocycles. The van der Waals surface area contributed by atoms with E-state index >= 15 is 0 Å². The highest BCUT2D eigenvalue weighted by Gasteiger charge is 2.20. The number of ketones is 1. The third-order valence-electron chi connectivity index (χ3n) is 3.56. The number of fused-ring (bicyclic) bond motifs is 4. The van der Waals surface area contributed by atoms with Crippen molar-refractivity contribution in [2.24, 2.45) is 0 Å². The number of ether oxygens (including phenoxy) is 1. The minimum atomic E-state index is 0.0174. The molecule has 0 amide bonds. The zero-order valence-corrected chi connectivity index (χ0v) is 10.2. The lowest BCUT2D eigenvalue weighted by Gasteiger charge is -2.15. The van der Waals surface area contributed by atoms with Crippen LogP contribution in [0.1, 0.15) is 16.1 Å². The summed E-state index contributed by atoms with van der Waals surface area (Å²) in [6, 6.07) is 14.2. The minimum absolute atomic E-state index is 0.0174. The maximum atomic E-state index is 11.8. The Morgan fingerprint density at radius 1 is 1.00 bits per heavy atom. The molecule has 1 aliphatic rings. The Bertz CT molecular complexity index is 823. The van der Waals surface area contributed by atoms with Crippen LogP contribution in [0.4, 0.5) is 0 Å². The van der Waals surface area contributed by atoms with Crippen molar-refractivity contribution in [3.63, 3.8) is 0 Å². The van der Waals surface area contributed by atoms with E-state index in [1.807, 2.05) is 24.3 Å². The molecule has 0 atom stereocenters. The number of hydrogen-bond acceptors (Lipinski definition) is 3. The molecule has 4 rings (SSSR count). The number of rotatable bonds is 0. The first kappa shape index (κ1) is 10.6. The van der Waals surface area contributed by atoms with Gasteiger partial charge in [-0.1, -0.05) is 36.4 Å². The molecule has 0 saturated heterocycles. The van der Waals surface area contributed by atoms with Crippen LogP contribution in [0.15, 0.2) is 42.5 Å². The summed E-state index contributed by atoms with van der Waals surface area (Å²) in [6.07, 6.45) is 0. The lowest BCUT2D eigenvalue weighted by atomic mass is 10.0. The Balaban J connectivity index is 2.13. The molecule has 1 aliphatic heterocycles. The molecule has 0 fully saturated rings. The average molecular weight is 249 g/mol. The maximum Gasteiger partial charge on any atom is 0.190 e. The molecule has 1 aromatic heterocycles. The van der Waals surface area contributed by atoms with Gasteiger partial charge >= 0.3 is 0 Å². The van der Waals surface area contributed by atoms with Gasteiger partial charge < -0.3 is 4.74 Å². The molecule has 2 aromatic carbocycles. The highest BCUT2D eigenvalue weighted by Crippen LogP contribution is 2.27. The molecular weight excluding hydrogens is 238 g/mol. The van der Waals surface area contributed by atoms with E-state index in [-0.39, 0.29) is 12.4 Å². The van der Waals surface area contributed by atoms with Crippen molar-refractivity contribution in [2.45, 2.75) is 6.61 Å². The van der Waals surface area contributed by atoms with Gasteiger partial charge in [0.25, 0.3) is 0 Å². The SMILES string of the molecule is O=C1COCc2nc3c(ccc4ccccc43)cc21. The van der Waals surface area contributed by atoms with Crippen LogP contribution in [0, 0.1) is 0 Å². The topological polar surface area (TPSA) is 39.2 Å². The molecule has 92 valence electrons. The van der Waals surface area contributed by atoms with E-state index < -0.39 is 0 Å². The van der Waals surface area contributed by atoms with Gasteiger partial charge in [0, 0.05) is 16.3 Å². The van der Waals surface area contributed by atoms with Crippen LogP contribution in [0.5, 0.6) is 0 Å². The van der Waals surface area contributed by atoms with Gasteiger partial charge in [0.1, 0.15) is 6.61 Å². The van der Waals surface area contributed by atoms with Crippen LogP contribution >= 0.6 is 0 Å². The number of hydrogen-bond donors (Lipinski definition) is 0.